The van der Waals surface area contributed by atoms with Crippen molar-refractivity contribution in [1.29, 1.82) is 0 Å². The number of nitrogens with zero attached hydrogens (tertiary/aromatic N) is 2. The highest BCUT2D eigenvalue weighted by Gasteiger charge is 2.20. The van der Waals surface area contributed by atoms with Crippen LogP contribution in [0.1, 0.15) is 30.0 Å². The Bertz CT molecular complexity index is 663. The minimum Gasteiger partial charge on any atom is -0.316 e. The Morgan fingerprint density at radius 1 is 1.30 bits per heavy atom. The number of nitrogens with one attached hydrogen (secondary N) is 1. The molecule has 1 aliphatic heterocycles. The van der Waals surface area contributed by atoms with Gasteiger partial charge in [-0.25, -0.2) is 4.79 Å². The zero-order valence-corrected chi connectivity index (χ0v) is 12.1. The number of para-hydroxylation sites is 1. The molecule has 4 nitrogen and oxygen atoms in total. The average Bonchev–Trinajstić information content (AvgIpc) is 2.73. The first-order valence-corrected chi connectivity index (χ1v) is 7.23. The summed E-state index contributed by atoms with van der Waals surface area (Å²) in [5.41, 5.74) is 3.31. The van der Waals surface area contributed by atoms with Gasteiger partial charge in [-0.15, -0.1) is 0 Å². The van der Waals surface area contributed by atoms with E-state index in [1.807, 2.05) is 23.8 Å². The standard InChI is InChI=1S/C16H21N3O/c1-12-11-18(2)16(20)19(12)15-8-4-3-7-14(15)13-6-5-9-17-10-13/h3-4,7-8,11,13,17H,5-6,9-10H2,1-2H3. The summed E-state index contributed by atoms with van der Waals surface area (Å²) in [5.74, 6) is 0.492. The summed E-state index contributed by atoms with van der Waals surface area (Å²) < 4.78 is 3.47. The summed E-state index contributed by atoms with van der Waals surface area (Å²) in [7, 11) is 1.80. The molecule has 2 aromatic rings. The second-order valence-corrected chi connectivity index (χ2v) is 5.60. The first-order chi connectivity index (χ1) is 9.68. The van der Waals surface area contributed by atoms with E-state index in [9.17, 15) is 4.79 Å². The average molecular weight is 271 g/mol. The van der Waals surface area contributed by atoms with Gasteiger partial charge in [0.05, 0.1) is 5.69 Å². The lowest BCUT2D eigenvalue weighted by molar-refractivity contribution is 0.460. The van der Waals surface area contributed by atoms with Crippen molar-refractivity contribution in [2.75, 3.05) is 13.1 Å². The Morgan fingerprint density at radius 2 is 2.10 bits per heavy atom. The fourth-order valence-electron chi connectivity index (χ4n) is 3.15. The molecular weight excluding hydrogens is 250 g/mol. The highest BCUT2D eigenvalue weighted by molar-refractivity contribution is 5.44. The van der Waals surface area contributed by atoms with Crippen LogP contribution in [-0.2, 0) is 7.05 Å². The van der Waals surface area contributed by atoms with E-state index in [1.54, 1.807) is 11.6 Å². The van der Waals surface area contributed by atoms with Gasteiger partial charge in [0.25, 0.3) is 0 Å². The quantitative estimate of drug-likeness (QED) is 0.907. The van der Waals surface area contributed by atoms with Crippen LogP contribution in [0.2, 0.25) is 0 Å². The Kier molecular flexibility index (Phi) is 3.49. The summed E-state index contributed by atoms with van der Waals surface area (Å²) in [4.78, 5) is 12.3. The molecule has 0 spiro atoms. The van der Waals surface area contributed by atoms with Crippen molar-refractivity contribution in [3.63, 3.8) is 0 Å². The maximum Gasteiger partial charge on any atom is 0.332 e. The van der Waals surface area contributed by atoms with Gasteiger partial charge in [0.2, 0.25) is 0 Å². The molecule has 1 N–H and O–H groups in total. The molecule has 0 bridgehead atoms. The van der Waals surface area contributed by atoms with Crippen molar-refractivity contribution in [3.8, 4) is 5.69 Å². The summed E-state index contributed by atoms with van der Waals surface area (Å²) in [6, 6.07) is 8.29. The topological polar surface area (TPSA) is 39.0 Å². The Labute approximate surface area is 119 Å². The van der Waals surface area contributed by atoms with Gasteiger partial charge in [0.1, 0.15) is 0 Å². The lowest BCUT2D eigenvalue weighted by Gasteiger charge is -2.25. The van der Waals surface area contributed by atoms with E-state index in [2.05, 4.69) is 23.5 Å². The van der Waals surface area contributed by atoms with Gasteiger partial charge in [-0.3, -0.25) is 4.57 Å². The van der Waals surface area contributed by atoms with E-state index in [4.69, 9.17) is 0 Å². The number of aryl methyl sites for hydroxylation is 2. The summed E-state index contributed by atoms with van der Waals surface area (Å²) in [6.45, 7) is 4.08. The Morgan fingerprint density at radius 3 is 2.75 bits per heavy atom. The SMILES string of the molecule is Cc1cn(C)c(=O)n1-c1ccccc1C1CCCNC1. The summed E-state index contributed by atoms with van der Waals surface area (Å²) >= 11 is 0. The maximum absolute atomic E-state index is 12.3. The number of piperidine rings is 1. The molecule has 3 rings (SSSR count). The van der Waals surface area contributed by atoms with Gasteiger partial charge < -0.3 is 9.88 Å². The smallest absolute Gasteiger partial charge is 0.316 e. The van der Waals surface area contributed by atoms with Gasteiger partial charge in [-0.05, 0) is 43.9 Å². The number of benzene rings is 1. The predicted octanol–water partition coefficient (Wildman–Crippen LogP) is 1.95. The van der Waals surface area contributed by atoms with Crippen LogP contribution in [0.3, 0.4) is 0 Å². The number of hydrogen-bond acceptors (Lipinski definition) is 2. The van der Waals surface area contributed by atoms with Gasteiger partial charge in [0, 0.05) is 25.5 Å². The molecule has 106 valence electrons. The Balaban J connectivity index is 2.12. The lowest BCUT2D eigenvalue weighted by Crippen LogP contribution is -2.30. The third-order valence-electron chi connectivity index (χ3n) is 4.14. The fourth-order valence-corrected chi connectivity index (χ4v) is 3.15. The van der Waals surface area contributed by atoms with E-state index in [1.165, 1.54) is 18.4 Å². The van der Waals surface area contributed by atoms with Crippen LogP contribution in [0, 0.1) is 6.92 Å². The van der Waals surface area contributed by atoms with E-state index < -0.39 is 0 Å². The van der Waals surface area contributed by atoms with Crippen molar-refractivity contribution in [3.05, 3.63) is 52.2 Å². The molecule has 0 radical (unpaired) electrons. The minimum absolute atomic E-state index is 0.0266. The van der Waals surface area contributed by atoms with Crippen molar-refractivity contribution in [1.82, 2.24) is 14.5 Å². The molecule has 1 atom stereocenters. The van der Waals surface area contributed by atoms with Gasteiger partial charge in [0.15, 0.2) is 0 Å². The molecule has 0 amide bonds. The van der Waals surface area contributed by atoms with E-state index >= 15 is 0 Å². The zero-order valence-electron chi connectivity index (χ0n) is 12.1. The summed E-state index contributed by atoms with van der Waals surface area (Å²) in [6.07, 6.45) is 4.27. The van der Waals surface area contributed by atoms with Crippen molar-refractivity contribution < 1.29 is 0 Å². The molecule has 1 saturated heterocycles. The van der Waals surface area contributed by atoms with Crippen LogP contribution >= 0.6 is 0 Å². The third kappa shape index (κ3) is 2.20. The monoisotopic (exact) mass is 271 g/mol. The van der Waals surface area contributed by atoms with E-state index in [-0.39, 0.29) is 5.69 Å². The lowest BCUT2D eigenvalue weighted by atomic mass is 9.90. The zero-order chi connectivity index (χ0) is 14.1. The molecule has 1 unspecified atom stereocenters. The van der Waals surface area contributed by atoms with Crippen LogP contribution in [0.5, 0.6) is 0 Å². The highest BCUT2D eigenvalue weighted by atomic mass is 16.1. The largest absolute Gasteiger partial charge is 0.332 e. The minimum atomic E-state index is 0.0266. The molecule has 2 heterocycles. The first kappa shape index (κ1) is 13.2. The van der Waals surface area contributed by atoms with Crippen LogP contribution in [-0.4, -0.2) is 22.2 Å². The van der Waals surface area contributed by atoms with E-state index in [0.29, 0.717) is 5.92 Å². The molecule has 1 aromatic carbocycles. The van der Waals surface area contributed by atoms with E-state index in [0.717, 1.165) is 24.5 Å². The number of aromatic nitrogens is 2. The Hall–Kier alpha value is -1.81. The molecule has 1 fully saturated rings. The van der Waals surface area contributed by atoms with Crippen molar-refractivity contribution >= 4 is 0 Å². The molecule has 0 saturated carbocycles. The normalized spacial score (nSPS) is 19.2. The third-order valence-corrected chi connectivity index (χ3v) is 4.14. The first-order valence-electron chi connectivity index (χ1n) is 7.23. The maximum atomic E-state index is 12.3. The van der Waals surface area contributed by atoms with Crippen LogP contribution in [0.15, 0.2) is 35.3 Å². The molecule has 1 aromatic heterocycles. The molecule has 1 aliphatic rings. The molecule has 20 heavy (non-hydrogen) atoms. The number of imidazole rings is 1. The van der Waals surface area contributed by atoms with Crippen molar-refractivity contribution in [2.24, 2.45) is 7.05 Å². The second-order valence-electron chi connectivity index (χ2n) is 5.60. The van der Waals surface area contributed by atoms with Crippen molar-refractivity contribution in [2.45, 2.75) is 25.7 Å². The second kappa shape index (κ2) is 5.29. The molecular formula is C16H21N3O. The number of hydrogen-bond donors (Lipinski definition) is 1. The number of rotatable bonds is 2. The predicted molar refractivity (Wildman–Crippen MR) is 80.6 cm³/mol. The van der Waals surface area contributed by atoms with Gasteiger partial charge >= 0.3 is 5.69 Å². The molecule has 0 aliphatic carbocycles. The van der Waals surface area contributed by atoms with Gasteiger partial charge in [-0.2, -0.15) is 0 Å². The van der Waals surface area contributed by atoms with Crippen LogP contribution < -0.4 is 11.0 Å². The van der Waals surface area contributed by atoms with Crippen LogP contribution in [0.25, 0.3) is 5.69 Å². The fraction of sp³-hybridized carbons (Fsp3) is 0.438. The summed E-state index contributed by atoms with van der Waals surface area (Å²) in [5, 5.41) is 3.45. The van der Waals surface area contributed by atoms with Crippen LogP contribution in [0.4, 0.5) is 0 Å². The highest BCUT2D eigenvalue weighted by Crippen LogP contribution is 2.28. The molecule has 4 heteroatoms. The van der Waals surface area contributed by atoms with Gasteiger partial charge in [-0.1, -0.05) is 18.2 Å².